The molecule has 0 unspecified atom stereocenters. The van der Waals surface area contributed by atoms with Crippen LogP contribution in [0.1, 0.15) is 12.5 Å². The monoisotopic (exact) mass is 677 g/mol. The summed E-state index contributed by atoms with van der Waals surface area (Å²) < 4.78 is 11.9. The molecular formula is C49H31N3O. The van der Waals surface area contributed by atoms with Crippen molar-refractivity contribution in [2.45, 2.75) is 13.3 Å². The second kappa shape index (κ2) is 10.6. The van der Waals surface area contributed by atoms with Crippen molar-refractivity contribution in [2.24, 2.45) is 0 Å². The summed E-state index contributed by atoms with van der Waals surface area (Å²) in [4.78, 5) is 5.43. The third kappa shape index (κ3) is 3.77. The van der Waals surface area contributed by atoms with Crippen molar-refractivity contribution >= 4 is 82.0 Å². The van der Waals surface area contributed by atoms with Gasteiger partial charge < -0.3 is 13.4 Å². The van der Waals surface area contributed by atoms with Crippen molar-refractivity contribution in [3.05, 3.63) is 163 Å². The minimum atomic E-state index is 0.778. The largest absolute Gasteiger partial charge is 0.452 e. The highest BCUT2D eigenvalue weighted by atomic mass is 16.3. The molecule has 0 aliphatic heterocycles. The van der Waals surface area contributed by atoms with E-state index in [4.69, 9.17) is 9.40 Å². The van der Waals surface area contributed by atoms with Gasteiger partial charge in [0.25, 0.3) is 0 Å². The number of pyridine rings is 1. The Balaban J connectivity index is 1.36. The fraction of sp³-hybridized carbons (Fsp3) is 0.0408. The number of furan rings is 1. The SMILES string of the molecule is CCc1c(-c2ccccc2)nc2c(oc3ccccc32)c1-n1c2ccc(-c3ccccc3)cc2c2c3c4ccccc4n4c5ccccc5c(cc21)c34. The molecule has 0 aliphatic carbocycles. The number of aromatic nitrogens is 3. The summed E-state index contributed by atoms with van der Waals surface area (Å²) in [5.41, 5.74) is 15.3. The number of nitrogens with zero attached hydrogens (tertiary/aromatic N) is 3. The molecule has 0 fully saturated rings. The highest BCUT2D eigenvalue weighted by Crippen LogP contribution is 2.49. The number of benzene rings is 7. The van der Waals surface area contributed by atoms with E-state index in [1.54, 1.807) is 0 Å². The Morgan fingerprint density at radius 1 is 0.509 bits per heavy atom. The van der Waals surface area contributed by atoms with Crippen LogP contribution in [0.2, 0.25) is 0 Å². The van der Waals surface area contributed by atoms with Gasteiger partial charge in [-0.3, -0.25) is 0 Å². The van der Waals surface area contributed by atoms with Gasteiger partial charge in [-0.1, -0.05) is 122 Å². The second-order valence-electron chi connectivity index (χ2n) is 14.1. The summed E-state index contributed by atoms with van der Waals surface area (Å²) in [5, 5.41) is 8.55. The highest BCUT2D eigenvalue weighted by molar-refractivity contribution is 6.36. The summed E-state index contributed by atoms with van der Waals surface area (Å²) >= 11 is 0. The Kier molecular flexibility index (Phi) is 5.73. The maximum Gasteiger partial charge on any atom is 0.178 e. The first-order valence-corrected chi connectivity index (χ1v) is 18.4. The van der Waals surface area contributed by atoms with Gasteiger partial charge in [0.15, 0.2) is 5.58 Å². The zero-order valence-electron chi connectivity index (χ0n) is 29.0. The van der Waals surface area contributed by atoms with Crippen molar-refractivity contribution in [3.8, 4) is 28.1 Å². The highest BCUT2D eigenvalue weighted by Gasteiger charge is 2.28. The minimum absolute atomic E-state index is 0.778. The summed E-state index contributed by atoms with van der Waals surface area (Å²) in [6.45, 7) is 2.24. The zero-order valence-corrected chi connectivity index (χ0v) is 29.0. The molecule has 0 spiro atoms. The molecule has 5 aromatic heterocycles. The predicted octanol–water partition coefficient (Wildman–Crippen LogP) is 13.1. The molecule has 53 heavy (non-hydrogen) atoms. The van der Waals surface area contributed by atoms with Crippen molar-refractivity contribution < 1.29 is 4.42 Å². The van der Waals surface area contributed by atoms with E-state index in [0.717, 1.165) is 62.0 Å². The molecule has 248 valence electrons. The first-order valence-electron chi connectivity index (χ1n) is 18.4. The van der Waals surface area contributed by atoms with Crippen LogP contribution < -0.4 is 0 Å². The van der Waals surface area contributed by atoms with E-state index in [2.05, 4.69) is 168 Å². The van der Waals surface area contributed by atoms with Crippen LogP contribution in [0.25, 0.3) is 110 Å². The summed E-state index contributed by atoms with van der Waals surface area (Å²) in [6, 6.07) is 56.8. The number of para-hydroxylation sites is 3. The first-order chi connectivity index (χ1) is 26.3. The summed E-state index contributed by atoms with van der Waals surface area (Å²) in [7, 11) is 0. The van der Waals surface area contributed by atoms with E-state index < -0.39 is 0 Å². The van der Waals surface area contributed by atoms with E-state index in [1.165, 1.54) is 60.0 Å². The fourth-order valence-electron chi connectivity index (χ4n) is 9.20. The number of hydrogen-bond acceptors (Lipinski definition) is 2. The fourth-order valence-corrected chi connectivity index (χ4v) is 9.20. The smallest absolute Gasteiger partial charge is 0.178 e. The average Bonchev–Trinajstić information content (AvgIpc) is 3.96. The summed E-state index contributed by atoms with van der Waals surface area (Å²) in [6.07, 6.45) is 0.778. The standard InChI is InChI=1S/C49H31N3O/c1-2-32-45(30-17-7-4-8-18-30)50-46-35-21-11-14-24-42(35)53-49(46)48(32)52-40-26-25-31(29-15-5-3-6-16-29)27-37(40)43-41(52)28-36-33-19-9-12-22-38(33)51-39-23-13-10-20-34(39)44(43)47(36)51/h3-28H,2H2,1H3. The molecule has 0 amide bonds. The molecule has 0 saturated carbocycles. The average molecular weight is 678 g/mol. The Morgan fingerprint density at radius 3 is 1.94 bits per heavy atom. The minimum Gasteiger partial charge on any atom is -0.452 e. The topological polar surface area (TPSA) is 35.4 Å². The van der Waals surface area contributed by atoms with E-state index in [0.29, 0.717) is 0 Å². The lowest BCUT2D eigenvalue weighted by atomic mass is 9.99. The number of rotatable bonds is 4. The van der Waals surface area contributed by atoms with Gasteiger partial charge in [0.1, 0.15) is 11.1 Å². The molecule has 5 heterocycles. The van der Waals surface area contributed by atoms with Crippen molar-refractivity contribution in [1.82, 2.24) is 14.0 Å². The molecule has 0 bridgehead atoms. The molecule has 0 N–H and O–H groups in total. The van der Waals surface area contributed by atoms with Crippen LogP contribution in [0, 0.1) is 0 Å². The van der Waals surface area contributed by atoms with Crippen LogP contribution in [-0.4, -0.2) is 14.0 Å². The number of fused-ring (bicyclic) bond motifs is 13. The van der Waals surface area contributed by atoms with Crippen molar-refractivity contribution in [2.75, 3.05) is 0 Å². The molecule has 4 nitrogen and oxygen atoms in total. The maximum absolute atomic E-state index is 6.91. The number of hydrogen-bond donors (Lipinski definition) is 0. The lowest BCUT2D eigenvalue weighted by molar-refractivity contribution is 0.664. The van der Waals surface area contributed by atoms with Gasteiger partial charge in [0.2, 0.25) is 0 Å². The summed E-state index contributed by atoms with van der Waals surface area (Å²) in [5.74, 6) is 0. The van der Waals surface area contributed by atoms with Gasteiger partial charge in [-0.25, -0.2) is 4.98 Å². The van der Waals surface area contributed by atoms with E-state index in [1.807, 2.05) is 6.07 Å². The van der Waals surface area contributed by atoms with Crippen LogP contribution in [0.15, 0.2) is 162 Å². The molecule has 12 rings (SSSR count). The van der Waals surface area contributed by atoms with Gasteiger partial charge in [-0.2, -0.15) is 0 Å². The molecular weight excluding hydrogens is 647 g/mol. The lowest BCUT2D eigenvalue weighted by Gasteiger charge is -2.17. The third-order valence-corrected chi connectivity index (χ3v) is 11.4. The Morgan fingerprint density at radius 2 is 1.17 bits per heavy atom. The van der Waals surface area contributed by atoms with Gasteiger partial charge in [0, 0.05) is 48.8 Å². The van der Waals surface area contributed by atoms with E-state index in [9.17, 15) is 0 Å². The molecule has 12 aromatic rings. The normalized spacial score (nSPS) is 12.3. The van der Waals surface area contributed by atoms with Gasteiger partial charge in [-0.15, -0.1) is 0 Å². The van der Waals surface area contributed by atoms with Crippen molar-refractivity contribution in [1.29, 1.82) is 0 Å². The second-order valence-corrected chi connectivity index (χ2v) is 14.1. The Hall–Kier alpha value is -6.91. The molecule has 0 saturated heterocycles. The quantitative estimate of drug-likeness (QED) is 0.186. The lowest BCUT2D eigenvalue weighted by Crippen LogP contribution is -2.04. The molecule has 0 atom stereocenters. The van der Waals surface area contributed by atoms with Gasteiger partial charge in [0.05, 0.1) is 39.0 Å². The third-order valence-electron chi connectivity index (χ3n) is 11.4. The van der Waals surface area contributed by atoms with Crippen LogP contribution in [0.4, 0.5) is 0 Å². The van der Waals surface area contributed by atoms with Crippen LogP contribution in [0.3, 0.4) is 0 Å². The van der Waals surface area contributed by atoms with Crippen LogP contribution >= 0.6 is 0 Å². The molecule has 0 aliphatic rings. The Labute approximate surface area is 304 Å². The van der Waals surface area contributed by atoms with Crippen LogP contribution in [-0.2, 0) is 6.42 Å². The van der Waals surface area contributed by atoms with Gasteiger partial charge >= 0.3 is 0 Å². The maximum atomic E-state index is 6.91. The predicted molar refractivity (Wildman–Crippen MR) is 221 cm³/mol. The van der Waals surface area contributed by atoms with E-state index in [-0.39, 0.29) is 0 Å². The van der Waals surface area contributed by atoms with E-state index >= 15 is 0 Å². The van der Waals surface area contributed by atoms with Gasteiger partial charge in [-0.05, 0) is 60.0 Å². The molecule has 4 heteroatoms. The Bertz CT molecular complexity index is 3420. The van der Waals surface area contributed by atoms with Crippen LogP contribution in [0.5, 0.6) is 0 Å². The molecule has 7 aromatic carbocycles. The molecule has 0 radical (unpaired) electrons. The van der Waals surface area contributed by atoms with Crippen molar-refractivity contribution in [3.63, 3.8) is 0 Å². The first kappa shape index (κ1) is 28.8. The zero-order chi connectivity index (χ0) is 34.8.